The Morgan fingerprint density at radius 1 is 1.80 bits per heavy atom. The molecule has 1 amide bonds. The molecule has 58 valence electrons. The molecule has 10 heavy (non-hydrogen) atoms. The summed E-state index contributed by atoms with van der Waals surface area (Å²) >= 11 is 0. The zero-order valence-corrected chi connectivity index (χ0v) is 5.71. The van der Waals surface area contributed by atoms with Crippen LogP contribution in [0.5, 0.6) is 0 Å². The Balaban J connectivity index is 2.18. The van der Waals surface area contributed by atoms with Crippen LogP contribution in [0.1, 0.15) is 12.8 Å². The quantitative estimate of drug-likeness (QED) is 0.455. The number of nitrogens with one attached hydrogen (secondary N) is 1. The van der Waals surface area contributed by atoms with E-state index in [1.54, 1.807) is 0 Å². The van der Waals surface area contributed by atoms with Gasteiger partial charge in [-0.2, -0.15) is 0 Å². The Morgan fingerprint density at radius 2 is 2.40 bits per heavy atom. The van der Waals surface area contributed by atoms with Crippen LogP contribution in [0.25, 0.3) is 0 Å². The lowest BCUT2D eigenvalue weighted by atomic mass is 10.3. The van der Waals surface area contributed by atoms with Crippen LogP contribution in [0.3, 0.4) is 0 Å². The molecule has 1 rings (SSSR count). The van der Waals surface area contributed by atoms with Gasteiger partial charge in [0.05, 0.1) is 0 Å². The zero-order chi connectivity index (χ0) is 7.56. The highest BCUT2D eigenvalue weighted by Crippen LogP contribution is 2.18. The number of carbonyl (C=O) groups is 1. The monoisotopic (exact) mass is 144 g/mol. The van der Waals surface area contributed by atoms with E-state index in [0.29, 0.717) is 6.04 Å². The molecule has 0 aliphatic heterocycles. The van der Waals surface area contributed by atoms with Crippen LogP contribution in [0.2, 0.25) is 0 Å². The van der Waals surface area contributed by atoms with E-state index in [2.05, 4.69) is 5.32 Å². The molecular weight excluding hydrogens is 132 g/mol. The van der Waals surface area contributed by atoms with Gasteiger partial charge in [0.1, 0.15) is 6.10 Å². The summed E-state index contributed by atoms with van der Waals surface area (Å²) in [6.45, 7) is -0.00144. The van der Waals surface area contributed by atoms with Gasteiger partial charge < -0.3 is 16.2 Å². The Kier molecular flexibility index (Phi) is 2.24. The summed E-state index contributed by atoms with van der Waals surface area (Å²) in [6, 6.07) is 0.300. The van der Waals surface area contributed by atoms with Crippen molar-refractivity contribution in [3.8, 4) is 0 Å². The van der Waals surface area contributed by atoms with Crippen LogP contribution in [-0.2, 0) is 4.79 Å². The highest BCUT2D eigenvalue weighted by Gasteiger charge is 2.25. The lowest BCUT2D eigenvalue weighted by molar-refractivity contribution is -0.128. The van der Waals surface area contributed by atoms with Crippen molar-refractivity contribution >= 4 is 5.91 Å². The van der Waals surface area contributed by atoms with Crippen LogP contribution in [0, 0.1) is 0 Å². The fourth-order valence-electron chi connectivity index (χ4n) is 0.632. The highest BCUT2D eigenvalue weighted by atomic mass is 16.3. The molecular formula is C6H12N2O2. The largest absolute Gasteiger partial charge is 0.382 e. The third kappa shape index (κ3) is 1.97. The molecule has 0 aromatic heterocycles. The first kappa shape index (κ1) is 7.50. The third-order valence-electron chi connectivity index (χ3n) is 1.45. The van der Waals surface area contributed by atoms with E-state index in [0.717, 1.165) is 12.8 Å². The maximum Gasteiger partial charge on any atom is 0.250 e. The molecule has 0 unspecified atom stereocenters. The smallest absolute Gasteiger partial charge is 0.250 e. The molecule has 4 N–H and O–H groups in total. The molecule has 1 aliphatic rings. The molecule has 0 saturated heterocycles. The first-order valence-corrected chi connectivity index (χ1v) is 3.42. The van der Waals surface area contributed by atoms with Crippen LogP contribution in [-0.4, -0.2) is 29.7 Å². The molecule has 0 spiro atoms. The van der Waals surface area contributed by atoms with Crippen molar-refractivity contribution in [2.24, 2.45) is 5.73 Å². The van der Waals surface area contributed by atoms with Gasteiger partial charge in [-0.25, -0.2) is 0 Å². The Hall–Kier alpha value is -0.610. The molecule has 1 saturated carbocycles. The number of amides is 1. The predicted octanol–water partition coefficient (Wildman–Crippen LogP) is -1.42. The maximum atomic E-state index is 10.8. The molecule has 1 fully saturated rings. The molecule has 1 aliphatic carbocycles. The lowest BCUT2D eigenvalue weighted by Gasteiger charge is -2.06. The highest BCUT2D eigenvalue weighted by molar-refractivity contribution is 5.81. The van der Waals surface area contributed by atoms with Gasteiger partial charge in [0, 0.05) is 12.6 Å². The molecule has 0 aromatic carbocycles. The summed E-state index contributed by atoms with van der Waals surface area (Å²) < 4.78 is 0. The second kappa shape index (κ2) is 2.98. The Morgan fingerprint density at radius 3 is 2.80 bits per heavy atom. The van der Waals surface area contributed by atoms with Crippen LogP contribution >= 0.6 is 0 Å². The summed E-state index contributed by atoms with van der Waals surface area (Å²) in [4.78, 5) is 10.8. The first-order chi connectivity index (χ1) is 4.74. The number of aliphatic hydroxyl groups is 1. The second-order valence-electron chi connectivity index (χ2n) is 2.53. The summed E-state index contributed by atoms with van der Waals surface area (Å²) in [5.74, 6) is -0.343. The van der Waals surface area contributed by atoms with E-state index in [1.807, 2.05) is 0 Å². The van der Waals surface area contributed by atoms with Gasteiger partial charge >= 0.3 is 0 Å². The van der Waals surface area contributed by atoms with Crippen molar-refractivity contribution in [2.45, 2.75) is 25.0 Å². The summed E-state index contributed by atoms with van der Waals surface area (Å²) in [7, 11) is 0. The number of hydrogen-bond acceptors (Lipinski definition) is 3. The number of nitrogens with two attached hydrogens (primary N) is 1. The first-order valence-electron chi connectivity index (χ1n) is 3.42. The van der Waals surface area contributed by atoms with E-state index in [9.17, 15) is 4.79 Å². The summed E-state index contributed by atoms with van der Waals surface area (Å²) in [5, 5.41) is 11.5. The van der Waals surface area contributed by atoms with Gasteiger partial charge in [-0.3, -0.25) is 4.79 Å². The van der Waals surface area contributed by atoms with Crippen molar-refractivity contribution in [3.05, 3.63) is 0 Å². The fraction of sp³-hybridized carbons (Fsp3) is 0.833. The van der Waals surface area contributed by atoms with Crippen molar-refractivity contribution in [3.63, 3.8) is 0 Å². The maximum absolute atomic E-state index is 10.8. The van der Waals surface area contributed by atoms with Crippen LogP contribution < -0.4 is 11.1 Å². The van der Waals surface area contributed by atoms with Gasteiger partial charge in [-0.15, -0.1) is 0 Å². The van der Waals surface area contributed by atoms with E-state index >= 15 is 0 Å². The summed E-state index contributed by atoms with van der Waals surface area (Å²) in [6.07, 6.45) is 1.03. The van der Waals surface area contributed by atoms with Crippen LogP contribution in [0.4, 0.5) is 0 Å². The SMILES string of the molecule is NC[C@H](O)C(=O)NC1CC1. The Bertz CT molecular complexity index is 134. The molecule has 4 nitrogen and oxygen atoms in total. The minimum Gasteiger partial charge on any atom is -0.382 e. The average Bonchev–Trinajstić information content (AvgIpc) is 2.70. The lowest BCUT2D eigenvalue weighted by Crippen LogP contribution is -2.40. The molecule has 0 heterocycles. The van der Waals surface area contributed by atoms with Crippen molar-refractivity contribution in [1.82, 2.24) is 5.32 Å². The number of rotatable bonds is 3. The molecule has 0 bridgehead atoms. The Labute approximate surface area is 59.4 Å². The van der Waals surface area contributed by atoms with E-state index in [1.165, 1.54) is 0 Å². The van der Waals surface area contributed by atoms with Gasteiger partial charge in [-0.1, -0.05) is 0 Å². The minimum atomic E-state index is -1.03. The molecule has 1 atom stereocenters. The van der Waals surface area contributed by atoms with Gasteiger partial charge in [0.2, 0.25) is 5.91 Å². The van der Waals surface area contributed by atoms with E-state index in [-0.39, 0.29) is 12.5 Å². The molecule has 0 radical (unpaired) electrons. The molecule has 0 aromatic rings. The zero-order valence-electron chi connectivity index (χ0n) is 5.71. The second-order valence-corrected chi connectivity index (χ2v) is 2.53. The average molecular weight is 144 g/mol. The number of hydrogen-bond donors (Lipinski definition) is 3. The fourth-order valence-corrected chi connectivity index (χ4v) is 0.632. The normalized spacial score (nSPS) is 20.2. The summed E-state index contributed by atoms with van der Waals surface area (Å²) in [5.41, 5.74) is 5.06. The standard InChI is InChI=1S/C6H12N2O2/c7-3-5(9)6(10)8-4-1-2-4/h4-5,9H,1-3,7H2,(H,8,10)/t5-/m0/s1. The van der Waals surface area contributed by atoms with Gasteiger partial charge in [-0.05, 0) is 12.8 Å². The molecule has 4 heteroatoms. The third-order valence-corrected chi connectivity index (χ3v) is 1.45. The van der Waals surface area contributed by atoms with Gasteiger partial charge in [0.25, 0.3) is 0 Å². The van der Waals surface area contributed by atoms with Gasteiger partial charge in [0.15, 0.2) is 0 Å². The minimum absolute atomic E-state index is 0.00144. The van der Waals surface area contributed by atoms with Crippen molar-refractivity contribution < 1.29 is 9.90 Å². The topological polar surface area (TPSA) is 75.3 Å². The van der Waals surface area contributed by atoms with Crippen molar-refractivity contribution in [2.75, 3.05) is 6.54 Å². The van der Waals surface area contributed by atoms with E-state index < -0.39 is 6.10 Å². The van der Waals surface area contributed by atoms with Crippen molar-refractivity contribution in [1.29, 1.82) is 0 Å². The number of aliphatic hydroxyl groups excluding tert-OH is 1. The number of carbonyl (C=O) groups excluding carboxylic acids is 1. The van der Waals surface area contributed by atoms with Crippen LogP contribution in [0.15, 0.2) is 0 Å². The predicted molar refractivity (Wildman–Crippen MR) is 36.2 cm³/mol. The van der Waals surface area contributed by atoms with E-state index in [4.69, 9.17) is 10.8 Å².